The summed E-state index contributed by atoms with van der Waals surface area (Å²) in [6.45, 7) is 0.753. The largest absolute Gasteiger partial charge is 0.480 e. The lowest BCUT2D eigenvalue weighted by molar-refractivity contribution is -0.141. The van der Waals surface area contributed by atoms with Crippen molar-refractivity contribution in [3.63, 3.8) is 0 Å². The molecule has 140 valence electrons. The molecule has 0 aliphatic rings. The molecule has 9 nitrogen and oxygen atoms in total. The van der Waals surface area contributed by atoms with Crippen molar-refractivity contribution in [2.24, 2.45) is 5.73 Å². The van der Waals surface area contributed by atoms with E-state index in [4.69, 9.17) is 15.9 Å². The fraction of sp³-hybridized carbons (Fsp3) is 0.353. The molecule has 1 aromatic carbocycles. The Kier molecular flexibility index (Phi) is 6.31. The van der Waals surface area contributed by atoms with Crippen LogP contribution in [0.25, 0.3) is 10.9 Å². The smallest absolute Gasteiger partial charge is 0.325 e. The van der Waals surface area contributed by atoms with Crippen LogP contribution in [0.3, 0.4) is 0 Å². The van der Waals surface area contributed by atoms with Crippen molar-refractivity contribution in [2.45, 2.75) is 31.5 Å². The summed E-state index contributed by atoms with van der Waals surface area (Å²) in [4.78, 5) is 38.5. The zero-order valence-electron chi connectivity index (χ0n) is 14.2. The molecule has 1 aromatic heterocycles. The fourth-order valence-corrected chi connectivity index (χ4v) is 2.47. The summed E-state index contributed by atoms with van der Waals surface area (Å²) in [6, 6.07) is 4.13. The van der Waals surface area contributed by atoms with E-state index >= 15 is 0 Å². The van der Waals surface area contributed by atoms with Gasteiger partial charge in [0.1, 0.15) is 18.1 Å². The number of amides is 2. The van der Waals surface area contributed by atoms with Crippen LogP contribution in [0, 0.1) is 0 Å². The van der Waals surface area contributed by atoms with Crippen molar-refractivity contribution in [3.8, 4) is 0 Å². The lowest BCUT2D eigenvalue weighted by Gasteiger charge is -2.21. The highest BCUT2D eigenvalue weighted by Gasteiger charge is 2.27. The molecule has 0 unspecified atom stereocenters. The predicted octanol–water partition coefficient (Wildman–Crippen LogP) is -0.896. The van der Waals surface area contributed by atoms with E-state index in [-0.39, 0.29) is 6.42 Å². The number of aliphatic hydroxyl groups excluding tert-OH is 1. The number of H-pyrrole nitrogens is 1. The molecule has 7 N–H and O–H groups in total. The van der Waals surface area contributed by atoms with Crippen LogP contribution in [0.4, 0.5) is 0 Å². The number of aromatic amines is 1. The normalized spacial score (nSPS) is 14.4. The van der Waals surface area contributed by atoms with E-state index in [0.717, 1.165) is 16.5 Å². The molecule has 0 aliphatic heterocycles. The van der Waals surface area contributed by atoms with E-state index in [1.54, 1.807) is 6.20 Å². The maximum absolute atomic E-state index is 12.5. The molecule has 0 saturated carbocycles. The summed E-state index contributed by atoms with van der Waals surface area (Å²) in [5.41, 5.74) is 7.14. The summed E-state index contributed by atoms with van der Waals surface area (Å²) in [5, 5.41) is 23.7. The first-order chi connectivity index (χ1) is 12.3. The summed E-state index contributed by atoms with van der Waals surface area (Å²) in [7, 11) is 0. The Hall–Kier alpha value is -2.91. The van der Waals surface area contributed by atoms with Gasteiger partial charge in [0.25, 0.3) is 0 Å². The Balaban J connectivity index is 2.23. The van der Waals surface area contributed by atoms with Crippen LogP contribution in [-0.2, 0) is 20.8 Å². The summed E-state index contributed by atoms with van der Waals surface area (Å²) >= 11 is 0. The maximum Gasteiger partial charge on any atom is 0.325 e. The van der Waals surface area contributed by atoms with Gasteiger partial charge in [-0.25, -0.2) is 0 Å². The number of fused-ring (bicyclic) bond motifs is 1. The molecule has 0 aliphatic carbocycles. The Morgan fingerprint density at radius 1 is 1.19 bits per heavy atom. The molecule has 1 heterocycles. The summed E-state index contributed by atoms with van der Waals surface area (Å²) in [6.07, 6.45) is 1.86. The zero-order valence-corrected chi connectivity index (χ0v) is 14.2. The lowest BCUT2D eigenvalue weighted by Crippen LogP contribution is -2.55. The van der Waals surface area contributed by atoms with E-state index in [9.17, 15) is 14.4 Å². The number of aliphatic carboxylic acids is 1. The number of hydrogen-bond donors (Lipinski definition) is 6. The molecule has 0 bridgehead atoms. The maximum atomic E-state index is 12.5. The van der Waals surface area contributed by atoms with E-state index < -0.39 is 42.5 Å². The number of nitrogens with one attached hydrogen (secondary N) is 3. The highest BCUT2D eigenvalue weighted by Crippen LogP contribution is 2.19. The first-order valence-corrected chi connectivity index (χ1v) is 8.08. The number of para-hydroxylation sites is 1. The molecular formula is C17H22N4O5. The molecule has 9 heteroatoms. The Morgan fingerprint density at radius 2 is 1.88 bits per heavy atom. The monoisotopic (exact) mass is 362 g/mol. The van der Waals surface area contributed by atoms with Crippen molar-refractivity contribution in [3.05, 3.63) is 36.0 Å². The van der Waals surface area contributed by atoms with Gasteiger partial charge in [0.15, 0.2) is 0 Å². The molecule has 3 atom stereocenters. The molecule has 26 heavy (non-hydrogen) atoms. The van der Waals surface area contributed by atoms with Gasteiger partial charge in [0, 0.05) is 23.5 Å². The zero-order chi connectivity index (χ0) is 19.3. The first kappa shape index (κ1) is 19.4. The quantitative estimate of drug-likeness (QED) is 0.357. The number of nitrogens with two attached hydrogens (primary N) is 1. The van der Waals surface area contributed by atoms with Gasteiger partial charge >= 0.3 is 5.97 Å². The number of carbonyl (C=O) groups is 3. The van der Waals surface area contributed by atoms with Crippen LogP contribution in [0.1, 0.15) is 12.5 Å². The third kappa shape index (κ3) is 4.58. The van der Waals surface area contributed by atoms with Crippen molar-refractivity contribution in [1.29, 1.82) is 0 Å². The molecule has 0 saturated heterocycles. The number of aromatic nitrogens is 1. The van der Waals surface area contributed by atoms with Crippen molar-refractivity contribution >= 4 is 28.7 Å². The minimum atomic E-state index is -1.19. The van der Waals surface area contributed by atoms with Crippen LogP contribution in [0.5, 0.6) is 0 Å². The van der Waals surface area contributed by atoms with E-state index in [2.05, 4.69) is 15.6 Å². The molecular weight excluding hydrogens is 340 g/mol. The minimum absolute atomic E-state index is 0.131. The van der Waals surface area contributed by atoms with Gasteiger partial charge in [-0.3, -0.25) is 14.4 Å². The van der Waals surface area contributed by atoms with Crippen LogP contribution in [0.15, 0.2) is 30.5 Å². The lowest BCUT2D eigenvalue weighted by atomic mass is 10.0. The van der Waals surface area contributed by atoms with Crippen LogP contribution >= 0.6 is 0 Å². The van der Waals surface area contributed by atoms with E-state index in [1.165, 1.54) is 6.92 Å². The van der Waals surface area contributed by atoms with Crippen LogP contribution in [-0.4, -0.2) is 57.7 Å². The second-order valence-electron chi connectivity index (χ2n) is 5.98. The average Bonchev–Trinajstić information content (AvgIpc) is 3.03. The SMILES string of the molecule is C[C@H](NC(=O)[C@H](Cc1c[nH]c2ccccc12)NC(=O)[C@@H](N)CO)C(=O)O. The van der Waals surface area contributed by atoms with Crippen molar-refractivity contribution < 1.29 is 24.6 Å². The second-order valence-corrected chi connectivity index (χ2v) is 5.98. The minimum Gasteiger partial charge on any atom is -0.480 e. The van der Waals surface area contributed by atoms with E-state index in [0.29, 0.717) is 0 Å². The Morgan fingerprint density at radius 3 is 2.54 bits per heavy atom. The average molecular weight is 362 g/mol. The van der Waals surface area contributed by atoms with Crippen molar-refractivity contribution in [2.75, 3.05) is 6.61 Å². The summed E-state index contributed by atoms with van der Waals surface area (Å²) < 4.78 is 0. The third-order valence-corrected chi connectivity index (χ3v) is 3.99. The van der Waals surface area contributed by atoms with Gasteiger partial charge in [-0.05, 0) is 18.6 Å². The highest BCUT2D eigenvalue weighted by molar-refractivity contribution is 5.92. The molecule has 0 radical (unpaired) electrons. The molecule has 0 fully saturated rings. The Labute approximate surface area is 149 Å². The number of hydrogen-bond acceptors (Lipinski definition) is 5. The number of carboxylic acid groups (broad SMARTS) is 1. The number of aliphatic hydroxyl groups is 1. The van der Waals surface area contributed by atoms with Gasteiger partial charge in [0.05, 0.1) is 6.61 Å². The van der Waals surface area contributed by atoms with E-state index in [1.807, 2.05) is 24.3 Å². The topological polar surface area (TPSA) is 158 Å². The molecule has 2 amide bonds. The number of carboxylic acids is 1. The van der Waals surface area contributed by atoms with Crippen molar-refractivity contribution in [1.82, 2.24) is 15.6 Å². The Bertz CT molecular complexity index is 803. The molecule has 2 aromatic rings. The predicted molar refractivity (Wildman–Crippen MR) is 94.2 cm³/mol. The first-order valence-electron chi connectivity index (χ1n) is 8.08. The highest BCUT2D eigenvalue weighted by atomic mass is 16.4. The van der Waals surface area contributed by atoms with Gasteiger partial charge in [-0.2, -0.15) is 0 Å². The third-order valence-electron chi connectivity index (χ3n) is 3.99. The fourth-order valence-electron chi connectivity index (χ4n) is 2.47. The molecule has 0 spiro atoms. The van der Waals surface area contributed by atoms with Gasteiger partial charge in [-0.15, -0.1) is 0 Å². The van der Waals surface area contributed by atoms with Gasteiger partial charge in [0.2, 0.25) is 11.8 Å². The number of benzene rings is 1. The molecule has 2 rings (SSSR count). The number of carbonyl (C=O) groups excluding carboxylic acids is 2. The second kappa shape index (κ2) is 8.45. The van der Waals surface area contributed by atoms with Crippen LogP contribution < -0.4 is 16.4 Å². The van der Waals surface area contributed by atoms with Gasteiger partial charge in [-0.1, -0.05) is 18.2 Å². The van der Waals surface area contributed by atoms with Crippen LogP contribution in [0.2, 0.25) is 0 Å². The number of rotatable bonds is 8. The summed E-state index contributed by atoms with van der Waals surface area (Å²) in [5.74, 6) is -2.54. The standard InChI is InChI=1S/C17H22N4O5/c1-9(17(25)26)20-16(24)14(21-15(23)12(18)8-22)6-10-7-19-13-5-3-2-4-11(10)13/h2-5,7,9,12,14,19,22H,6,8,18H2,1H3,(H,20,24)(H,21,23)(H,25,26)/t9-,12-,14-/m0/s1. The van der Waals surface area contributed by atoms with Gasteiger partial charge < -0.3 is 31.6 Å².